The number of nitrogens with zero attached hydrogens (tertiary/aromatic N) is 1. The number of fused-ring (bicyclic) bond motifs is 1. The molecule has 2 aromatic carbocycles. The highest BCUT2D eigenvalue weighted by Crippen LogP contribution is 2.25. The summed E-state index contributed by atoms with van der Waals surface area (Å²) in [6.07, 6.45) is 1.66. The van der Waals surface area contributed by atoms with Crippen LogP contribution in [0.2, 0.25) is 0 Å². The third-order valence-corrected chi connectivity index (χ3v) is 6.15. The summed E-state index contributed by atoms with van der Waals surface area (Å²) in [6, 6.07) is 13.6. The van der Waals surface area contributed by atoms with E-state index in [0.29, 0.717) is 11.7 Å². The largest absolute Gasteiger partial charge is 0.298 e. The molecule has 0 fully saturated rings. The van der Waals surface area contributed by atoms with Gasteiger partial charge in [-0.15, -0.1) is 0 Å². The average Bonchev–Trinajstić information content (AvgIpc) is 3.04. The maximum atomic E-state index is 12.5. The number of para-hydroxylation sites is 1. The first-order chi connectivity index (χ1) is 12.5. The molecule has 0 spiro atoms. The monoisotopic (exact) mass is 389 g/mol. The summed E-state index contributed by atoms with van der Waals surface area (Å²) in [6.45, 7) is 2.36. The molecule has 1 heterocycles. The molecule has 1 amide bonds. The summed E-state index contributed by atoms with van der Waals surface area (Å²) < 4.78 is 28.1. The van der Waals surface area contributed by atoms with E-state index in [4.69, 9.17) is 0 Å². The van der Waals surface area contributed by atoms with Crippen molar-refractivity contribution in [1.29, 1.82) is 0 Å². The molecule has 2 N–H and O–H groups in total. The number of benzene rings is 2. The average molecular weight is 390 g/mol. The smallest absolute Gasteiger partial charge is 0.257 e. The van der Waals surface area contributed by atoms with Gasteiger partial charge in [0.2, 0.25) is 10.0 Å². The van der Waals surface area contributed by atoms with Crippen LogP contribution in [0.15, 0.2) is 53.4 Å². The first-order valence-corrected chi connectivity index (χ1v) is 10.6. The molecular weight excluding hydrogens is 370 g/mol. The molecule has 0 unspecified atom stereocenters. The van der Waals surface area contributed by atoms with Crippen molar-refractivity contribution in [3.05, 3.63) is 54.1 Å². The molecule has 0 aliphatic heterocycles. The Morgan fingerprint density at radius 1 is 1.15 bits per heavy atom. The first kappa shape index (κ1) is 18.5. The van der Waals surface area contributed by atoms with E-state index in [9.17, 15) is 13.2 Å². The lowest BCUT2D eigenvalue weighted by atomic mass is 10.2. The molecule has 0 aliphatic rings. The fourth-order valence-corrected chi connectivity index (χ4v) is 4.35. The Kier molecular flexibility index (Phi) is 5.65. The fraction of sp³-hybridized carbons (Fsp3) is 0.222. The van der Waals surface area contributed by atoms with Gasteiger partial charge in [0.1, 0.15) is 0 Å². The number of anilines is 1. The Balaban J connectivity index is 1.77. The number of carbonyl (C=O) groups excluding carboxylic acids is 1. The number of sulfonamides is 1. The number of unbranched alkanes of at least 4 members (excludes halogenated alkanes) is 1. The van der Waals surface area contributed by atoms with E-state index >= 15 is 0 Å². The van der Waals surface area contributed by atoms with Crippen molar-refractivity contribution in [2.75, 3.05) is 11.9 Å². The number of amides is 1. The van der Waals surface area contributed by atoms with E-state index < -0.39 is 15.9 Å². The first-order valence-electron chi connectivity index (χ1n) is 8.26. The summed E-state index contributed by atoms with van der Waals surface area (Å²) in [7, 11) is -3.62. The molecule has 0 saturated heterocycles. The van der Waals surface area contributed by atoms with Crippen molar-refractivity contribution in [2.24, 2.45) is 0 Å². The molecule has 1 aromatic heterocycles. The summed E-state index contributed by atoms with van der Waals surface area (Å²) in [5.41, 5.74) is 1.08. The van der Waals surface area contributed by atoms with Gasteiger partial charge in [-0.2, -0.15) is 0 Å². The van der Waals surface area contributed by atoms with E-state index in [1.807, 2.05) is 31.2 Å². The molecule has 0 bridgehead atoms. The lowest BCUT2D eigenvalue weighted by Crippen LogP contribution is -2.25. The van der Waals surface area contributed by atoms with Gasteiger partial charge in [0.25, 0.3) is 5.91 Å². The van der Waals surface area contributed by atoms with E-state index in [1.165, 1.54) is 23.5 Å². The van der Waals surface area contributed by atoms with Gasteiger partial charge in [-0.05, 0) is 36.8 Å². The number of hydrogen-bond acceptors (Lipinski definition) is 5. The van der Waals surface area contributed by atoms with Crippen LogP contribution in [0.1, 0.15) is 30.1 Å². The zero-order valence-corrected chi connectivity index (χ0v) is 15.9. The molecule has 8 heteroatoms. The molecule has 3 aromatic rings. The van der Waals surface area contributed by atoms with E-state index in [2.05, 4.69) is 15.0 Å². The predicted molar refractivity (Wildman–Crippen MR) is 104 cm³/mol. The van der Waals surface area contributed by atoms with E-state index in [1.54, 1.807) is 12.1 Å². The third kappa shape index (κ3) is 4.27. The molecule has 0 radical (unpaired) electrons. The van der Waals surface area contributed by atoms with Crippen LogP contribution in [0, 0.1) is 0 Å². The second-order valence-corrected chi connectivity index (χ2v) is 8.52. The Hall–Kier alpha value is -2.29. The molecular formula is C18H19N3O3S2. The quantitative estimate of drug-likeness (QED) is 0.604. The third-order valence-electron chi connectivity index (χ3n) is 3.74. The maximum absolute atomic E-state index is 12.5. The zero-order chi connectivity index (χ0) is 18.6. The van der Waals surface area contributed by atoms with Crippen LogP contribution in [-0.2, 0) is 10.0 Å². The number of carbonyl (C=O) groups is 1. The SMILES string of the molecule is CCCCNS(=O)(=O)c1cccc(C(=O)Nc2nc3ccccc3s2)c1. The van der Waals surface area contributed by atoms with Gasteiger partial charge in [0, 0.05) is 12.1 Å². The predicted octanol–water partition coefficient (Wildman–Crippen LogP) is 3.63. The molecule has 3 rings (SSSR count). The molecule has 6 nitrogen and oxygen atoms in total. The summed E-state index contributed by atoms with van der Waals surface area (Å²) in [5, 5.41) is 3.21. The number of aromatic nitrogens is 1. The molecule has 0 atom stereocenters. The molecule has 136 valence electrons. The molecule has 0 aliphatic carbocycles. The van der Waals surface area contributed by atoms with Crippen LogP contribution in [0.4, 0.5) is 5.13 Å². The zero-order valence-electron chi connectivity index (χ0n) is 14.2. The topological polar surface area (TPSA) is 88.2 Å². The Bertz CT molecular complexity index is 996. The highest BCUT2D eigenvalue weighted by atomic mass is 32.2. The second-order valence-electron chi connectivity index (χ2n) is 5.72. The van der Waals surface area contributed by atoms with Gasteiger partial charge < -0.3 is 0 Å². The Labute approximate surface area is 156 Å². The number of hydrogen-bond donors (Lipinski definition) is 2. The van der Waals surface area contributed by atoms with Crippen molar-refractivity contribution < 1.29 is 13.2 Å². The minimum atomic E-state index is -3.62. The lowest BCUT2D eigenvalue weighted by Gasteiger charge is -2.08. The van der Waals surface area contributed by atoms with Crippen LogP contribution in [0.5, 0.6) is 0 Å². The number of thiazole rings is 1. The standard InChI is InChI=1S/C18H19N3O3S2/c1-2-3-11-19-26(23,24)14-8-6-7-13(12-14)17(22)21-18-20-15-9-4-5-10-16(15)25-18/h4-10,12,19H,2-3,11H2,1H3,(H,20,21,22). The van der Waals surface area contributed by atoms with Gasteiger partial charge >= 0.3 is 0 Å². The highest BCUT2D eigenvalue weighted by Gasteiger charge is 2.16. The van der Waals surface area contributed by atoms with E-state index in [0.717, 1.165) is 23.1 Å². The highest BCUT2D eigenvalue weighted by molar-refractivity contribution is 7.89. The van der Waals surface area contributed by atoms with Crippen LogP contribution in [-0.4, -0.2) is 25.9 Å². The normalized spacial score (nSPS) is 11.6. The van der Waals surface area contributed by atoms with Crippen LogP contribution >= 0.6 is 11.3 Å². The summed E-state index contributed by atoms with van der Waals surface area (Å²) in [4.78, 5) is 16.9. The van der Waals surface area contributed by atoms with Crippen molar-refractivity contribution in [1.82, 2.24) is 9.71 Å². The summed E-state index contributed by atoms with van der Waals surface area (Å²) in [5.74, 6) is -0.394. The summed E-state index contributed by atoms with van der Waals surface area (Å²) >= 11 is 1.37. The molecule has 0 saturated carbocycles. The Morgan fingerprint density at radius 2 is 1.96 bits per heavy atom. The number of rotatable bonds is 7. The van der Waals surface area contributed by atoms with Gasteiger partial charge in [-0.3, -0.25) is 10.1 Å². The van der Waals surface area contributed by atoms with Gasteiger partial charge in [-0.25, -0.2) is 18.1 Å². The van der Waals surface area contributed by atoms with Crippen LogP contribution in [0.25, 0.3) is 10.2 Å². The van der Waals surface area contributed by atoms with Crippen LogP contribution < -0.4 is 10.0 Å². The number of nitrogens with one attached hydrogen (secondary N) is 2. The van der Waals surface area contributed by atoms with Gasteiger partial charge in [-0.1, -0.05) is 42.9 Å². The van der Waals surface area contributed by atoms with Crippen molar-refractivity contribution in [3.8, 4) is 0 Å². The Morgan fingerprint density at radius 3 is 2.73 bits per heavy atom. The fourth-order valence-electron chi connectivity index (χ4n) is 2.37. The van der Waals surface area contributed by atoms with Gasteiger partial charge in [0.05, 0.1) is 15.1 Å². The molecule has 26 heavy (non-hydrogen) atoms. The lowest BCUT2D eigenvalue weighted by molar-refractivity contribution is 0.102. The van der Waals surface area contributed by atoms with Gasteiger partial charge in [0.15, 0.2) is 5.13 Å². The van der Waals surface area contributed by atoms with E-state index in [-0.39, 0.29) is 10.5 Å². The minimum absolute atomic E-state index is 0.0746. The maximum Gasteiger partial charge on any atom is 0.257 e. The van der Waals surface area contributed by atoms with Crippen molar-refractivity contribution >= 4 is 42.6 Å². The van der Waals surface area contributed by atoms with Crippen molar-refractivity contribution in [3.63, 3.8) is 0 Å². The second kappa shape index (κ2) is 7.94. The minimum Gasteiger partial charge on any atom is -0.298 e. The van der Waals surface area contributed by atoms with Crippen LogP contribution in [0.3, 0.4) is 0 Å². The van der Waals surface area contributed by atoms with Crippen molar-refractivity contribution in [2.45, 2.75) is 24.7 Å².